The molecule has 0 aromatic heterocycles. The van der Waals surface area contributed by atoms with E-state index in [9.17, 15) is 14.4 Å². The van der Waals surface area contributed by atoms with Crippen molar-refractivity contribution in [1.29, 1.82) is 0 Å². The van der Waals surface area contributed by atoms with Gasteiger partial charge in [0, 0.05) is 6.54 Å². The van der Waals surface area contributed by atoms with E-state index in [1.54, 1.807) is 0 Å². The first-order valence-electron chi connectivity index (χ1n) is 8.08. The minimum atomic E-state index is -0.244. The van der Waals surface area contributed by atoms with Gasteiger partial charge in [-0.05, 0) is 30.1 Å². The maximum absolute atomic E-state index is 12.4. The number of likely N-dealkylation sites (tertiary alicyclic amines) is 1. The molecule has 22 heavy (non-hydrogen) atoms. The lowest BCUT2D eigenvalue weighted by atomic mass is 9.85. The van der Waals surface area contributed by atoms with Gasteiger partial charge in [0.1, 0.15) is 6.54 Å². The minimum Gasteiger partial charge on any atom is -0.355 e. The van der Waals surface area contributed by atoms with Gasteiger partial charge in [0.05, 0.1) is 11.8 Å². The molecule has 1 heterocycles. The van der Waals surface area contributed by atoms with Crippen LogP contribution in [-0.4, -0.2) is 35.7 Å². The average molecular weight is 304 g/mol. The number of fused-ring (bicyclic) bond motifs is 5. The normalized spacial score (nSPS) is 32.8. The average Bonchev–Trinajstić information content (AvgIpc) is 3.07. The third-order valence-corrected chi connectivity index (χ3v) is 5.06. The molecule has 2 aliphatic carbocycles. The van der Waals surface area contributed by atoms with Crippen LogP contribution >= 0.6 is 0 Å². The van der Waals surface area contributed by atoms with E-state index >= 15 is 0 Å². The van der Waals surface area contributed by atoms with Crippen molar-refractivity contribution in [2.24, 2.45) is 29.1 Å². The second kappa shape index (κ2) is 5.21. The Kier molecular flexibility index (Phi) is 3.62. The highest BCUT2D eigenvalue weighted by molar-refractivity contribution is 6.08. The highest BCUT2D eigenvalue weighted by atomic mass is 16.2. The molecule has 5 nitrogen and oxygen atoms in total. The quantitative estimate of drug-likeness (QED) is 0.630. The number of nitrogens with zero attached hydrogens (tertiary/aromatic N) is 1. The monoisotopic (exact) mass is 304 g/mol. The maximum atomic E-state index is 12.4. The van der Waals surface area contributed by atoms with E-state index in [4.69, 9.17) is 0 Å². The topological polar surface area (TPSA) is 66.5 Å². The van der Waals surface area contributed by atoms with Gasteiger partial charge in [0.15, 0.2) is 0 Å². The molecule has 0 unspecified atom stereocenters. The fraction of sp³-hybridized carbons (Fsp3) is 0.706. The summed E-state index contributed by atoms with van der Waals surface area (Å²) in [6.07, 6.45) is 5.90. The van der Waals surface area contributed by atoms with Gasteiger partial charge in [0.2, 0.25) is 17.7 Å². The van der Waals surface area contributed by atoms with Gasteiger partial charge in [-0.1, -0.05) is 32.9 Å². The molecule has 0 radical (unpaired) electrons. The summed E-state index contributed by atoms with van der Waals surface area (Å²) in [5, 5.41) is 2.81. The maximum Gasteiger partial charge on any atom is 0.240 e. The zero-order valence-corrected chi connectivity index (χ0v) is 13.5. The molecule has 1 N–H and O–H groups in total. The van der Waals surface area contributed by atoms with E-state index in [1.165, 1.54) is 4.90 Å². The van der Waals surface area contributed by atoms with E-state index < -0.39 is 0 Å². The fourth-order valence-electron chi connectivity index (χ4n) is 3.90. The van der Waals surface area contributed by atoms with Crippen molar-refractivity contribution in [1.82, 2.24) is 10.2 Å². The van der Waals surface area contributed by atoms with Gasteiger partial charge in [0.25, 0.3) is 0 Å². The second-order valence-electron chi connectivity index (χ2n) is 7.92. The summed E-state index contributed by atoms with van der Waals surface area (Å²) in [5.74, 6) is -0.600. The molecule has 3 amide bonds. The van der Waals surface area contributed by atoms with E-state index in [0.717, 1.165) is 12.8 Å². The van der Waals surface area contributed by atoms with Crippen LogP contribution in [0.25, 0.3) is 0 Å². The number of rotatable bonds is 4. The lowest BCUT2D eigenvalue weighted by Gasteiger charge is -2.20. The molecule has 1 saturated carbocycles. The smallest absolute Gasteiger partial charge is 0.240 e. The Morgan fingerprint density at radius 2 is 1.73 bits per heavy atom. The van der Waals surface area contributed by atoms with Crippen LogP contribution < -0.4 is 5.32 Å². The van der Waals surface area contributed by atoms with Crippen molar-refractivity contribution in [3.05, 3.63) is 12.2 Å². The second-order valence-corrected chi connectivity index (χ2v) is 7.92. The van der Waals surface area contributed by atoms with E-state index in [2.05, 4.69) is 38.2 Å². The summed E-state index contributed by atoms with van der Waals surface area (Å²) in [7, 11) is 0. The molecular weight excluding hydrogens is 280 g/mol. The lowest BCUT2D eigenvalue weighted by Crippen LogP contribution is -2.42. The molecule has 1 saturated heterocycles. The number of carbonyl (C=O) groups excluding carboxylic acids is 3. The Balaban J connectivity index is 1.57. The molecule has 0 aromatic rings. The van der Waals surface area contributed by atoms with Gasteiger partial charge >= 0.3 is 0 Å². The number of hydrogen-bond acceptors (Lipinski definition) is 3. The van der Waals surface area contributed by atoms with Crippen LogP contribution in [0, 0.1) is 29.1 Å². The van der Waals surface area contributed by atoms with Gasteiger partial charge in [-0.2, -0.15) is 0 Å². The van der Waals surface area contributed by atoms with Crippen LogP contribution in [0.4, 0.5) is 0 Å². The molecule has 120 valence electrons. The number of carbonyl (C=O) groups is 3. The first kappa shape index (κ1) is 15.3. The van der Waals surface area contributed by atoms with Crippen LogP contribution in [0.15, 0.2) is 12.2 Å². The lowest BCUT2D eigenvalue weighted by molar-refractivity contribution is -0.144. The van der Waals surface area contributed by atoms with Crippen molar-refractivity contribution < 1.29 is 14.4 Å². The highest BCUT2D eigenvalue weighted by Gasteiger charge is 2.59. The Labute approximate surface area is 131 Å². The van der Waals surface area contributed by atoms with Gasteiger partial charge in [-0.3, -0.25) is 19.3 Å². The molecular formula is C17H24N2O3. The largest absolute Gasteiger partial charge is 0.355 e. The van der Waals surface area contributed by atoms with E-state index in [1.807, 2.05) is 0 Å². The summed E-state index contributed by atoms with van der Waals surface area (Å²) in [6, 6.07) is 0. The summed E-state index contributed by atoms with van der Waals surface area (Å²) in [6.45, 7) is 6.76. The van der Waals surface area contributed by atoms with Crippen molar-refractivity contribution in [3.63, 3.8) is 0 Å². The number of imide groups is 1. The molecule has 2 bridgehead atoms. The van der Waals surface area contributed by atoms with Gasteiger partial charge in [-0.25, -0.2) is 0 Å². The Morgan fingerprint density at radius 3 is 2.23 bits per heavy atom. The minimum absolute atomic E-state index is 0.131. The van der Waals surface area contributed by atoms with Crippen molar-refractivity contribution in [2.75, 3.05) is 13.1 Å². The molecule has 0 aromatic carbocycles. The third-order valence-electron chi connectivity index (χ3n) is 5.06. The van der Waals surface area contributed by atoms with E-state index in [-0.39, 0.29) is 53.4 Å². The van der Waals surface area contributed by atoms with Crippen molar-refractivity contribution >= 4 is 17.7 Å². The highest BCUT2D eigenvalue weighted by Crippen LogP contribution is 2.52. The van der Waals surface area contributed by atoms with Gasteiger partial charge in [-0.15, -0.1) is 0 Å². The molecule has 5 heteroatoms. The summed E-state index contributed by atoms with van der Waals surface area (Å²) in [4.78, 5) is 38.1. The Morgan fingerprint density at radius 1 is 1.18 bits per heavy atom. The van der Waals surface area contributed by atoms with E-state index in [0.29, 0.717) is 6.54 Å². The van der Waals surface area contributed by atoms with Gasteiger partial charge < -0.3 is 5.32 Å². The first-order valence-corrected chi connectivity index (χ1v) is 8.08. The molecule has 4 atom stereocenters. The summed E-state index contributed by atoms with van der Waals surface area (Å²) in [5.41, 5.74) is 0.147. The third kappa shape index (κ3) is 2.57. The molecule has 2 fully saturated rings. The number of amides is 3. The molecule has 1 aliphatic heterocycles. The van der Waals surface area contributed by atoms with Crippen LogP contribution in [-0.2, 0) is 14.4 Å². The number of nitrogens with one attached hydrogen (secondary N) is 1. The molecule has 3 aliphatic rings. The number of hydrogen-bond donors (Lipinski definition) is 1. The first-order chi connectivity index (χ1) is 10.3. The standard InChI is InChI=1S/C17H24N2O3/c1-17(2,3)6-7-18-12(20)9-19-15(21)13-10-4-5-11(8-10)14(13)16(19)22/h4-5,10-11,13-14H,6-9H2,1-3H3,(H,18,20)/t10-,11-,13-,14+/m0/s1. The number of allylic oxidation sites excluding steroid dienone is 2. The predicted molar refractivity (Wildman–Crippen MR) is 81.5 cm³/mol. The van der Waals surface area contributed by atoms with Crippen molar-refractivity contribution in [3.8, 4) is 0 Å². The SMILES string of the molecule is CC(C)(C)CCNC(=O)CN1C(=O)[C@@H]2[C@H](C1=O)[C@H]1C=C[C@H]2C1. The summed E-state index contributed by atoms with van der Waals surface area (Å²) >= 11 is 0. The van der Waals surface area contributed by atoms with Crippen molar-refractivity contribution in [2.45, 2.75) is 33.6 Å². The Hall–Kier alpha value is -1.65. The van der Waals surface area contributed by atoms with Crippen LogP contribution in [0.1, 0.15) is 33.6 Å². The zero-order valence-electron chi connectivity index (χ0n) is 13.5. The molecule has 0 spiro atoms. The molecule has 3 rings (SSSR count). The Bertz CT molecular complexity index is 517. The summed E-state index contributed by atoms with van der Waals surface area (Å²) < 4.78 is 0. The van der Waals surface area contributed by atoms with Crippen LogP contribution in [0.2, 0.25) is 0 Å². The fourth-order valence-corrected chi connectivity index (χ4v) is 3.90. The van der Waals surface area contributed by atoms with Crippen LogP contribution in [0.5, 0.6) is 0 Å². The van der Waals surface area contributed by atoms with Crippen LogP contribution in [0.3, 0.4) is 0 Å². The zero-order chi connectivity index (χ0) is 16.1. The predicted octanol–water partition coefficient (Wildman–Crippen LogP) is 1.35.